The molecular formula is C16H14Cl3FN2O. The highest BCUT2D eigenvalue weighted by Gasteiger charge is 2.30. The van der Waals surface area contributed by atoms with Gasteiger partial charge in [0, 0.05) is 35.4 Å². The number of benzene rings is 1. The largest absolute Gasteiger partial charge is 0.481 e. The summed E-state index contributed by atoms with van der Waals surface area (Å²) in [5.74, 6) is -0.428. The summed E-state index contributed by atoms with van der Waals surface area (Å²) in [4.78, 5) is 4.10. The van der Waals surface area contributed by atoms with Gasteiger partial charge in [-0.2, -0.15) is 0 Å². The maximum absolute atomic E-state index is 14.2. The van der Waals surface area contributed by atoms with Crippen molar-refractivity contribution in [2.75, 3.05) is 13.1 Å². The van der Waals surface area contributed by atoms with Gasteiger partial charge >= 0.3 is 0 Å². The van der Waals surface area contributed by atoms with E-state index in [1.807, 2.05) is 0 Å². The molecule has 1 unspecified atom stereocenters. The van der Waals surface area contributed by atoms with Crippen LogP contribution in [0.25, 0.3) is 0 Å². The maximum atomic E-state index is 14.2. The first-order chi connectivity index (χ1) is 11.0. The van der Waals surface area contributed by atoms with E-state index in [0.29, 0.717) is 5.02 Å². The summed E-state index contributed by atoms with van der Waals surface area (Å²) in [5.41, 5.74) is 0.789. The van der Waals surface area contributed by atoms with Crippen LogP contribution in [0.2, 0.25) is 15.1 Å². The van der Waals surface area contributed by atoms with Crippen molar-refractivity contribution in [3.8, 4) is 5.75 Å². The number of pyridine rings is 1. The van der Waals surface area contributed by atoms with Crippen LogP contribution >= 0.6 is 34.8 Å². The van der Waals surface area contributed by atoms with Gasteiger partial charge in [-0.05, 0) is 31.2 Å². The van der Waals surface area contributed by atoms with E-state index in [4.69, 9.17) is 39.5 Å². The molecule has 0 aliphatic carbocycles. The minimum atomic E-state index is -0.589. The van der Waals surface area contributed by atoms with Gasteiger partial charge in [-0.3, -0.25) is 4.98 Å². The molecule has 23 heavy (non-hydrogen) atoms. The average Bonchev–Trinajstić information content (AvgIpc) is 3.00. The summed E-state index contributed by atoms with van der Waals surface area (Å²) in [6.45, 7) is 1.65. The topological polar surface area (TPSA) is 34.1 Å². The second-order valence-electron chi connectivity index (χ2n) is 5.43. The SMILES string of the molecule is Fc1cc(Cl)cc(Cl)c1OC(c1cncc(Cl)c1)[C@H]1CCNC1. The summed E-state index contributed by atoms with van der Waals surface area (Å²) in [5, 5.41) is 4.15. The summed E-state index contributed by atoms with van der Waals surface area (Å²) in [7, 11) is 0. The molecule has 2 heterocycles. The molecule has 7 heteroatoms. The van der Waals surface area contributed by atoms with E-state index in [0.717, 1.165) is 25.1 Å². The zero-order chi connectivity index (χ0) is 16.4. The van der Waals surface area contributed by atoms with Gasteiger partial charge in [0.1, 0.15) is 6.10 Å². The Labute approximate surface area is 148 Å². The van der Waals surface area contributed by atoms with E-state index >= 15 is 0 Å². The third kappa shape index (κ3) is 3.89. The van der Waals surface area contributed by atoms with Gasteiger partial charge < -0.3 is 10.1 Å². The van der Waals surface area contributed by atoms with E-state index in [2.05, 4.69) is 10.3 Å². The van der Waals surface area contributed by atoms with Crippen molar-refractivity contribution in [2.45, 2.75) is 12.5 Å². The molecule has 3 nitrogen and oxygen atoms in total. The van der Waals surface area contributed by atoms with Crippen molar-refractivity contribution in [1.82, 2.24) is 10.3 Å². The molecule has 0 spiro atoms. The normalized spacial score (nSPS) is 18.9. The van der Waals surface area contributed by atoms with Gasteiger partial charge in [-0.25, -0.2) is 4.39 Å². The van der Waals surface area contributed by atoms with Crippen LogP contribution < -0.4 is 10.1 Å². The molecule has 122 valence electrons. The lowest BCUT2D eigenvalue weighted by Crippen LogP contribution is -2.22. The number of ether oxygens (including phenoxy) is 1. The zero-order valence-corrected chi connectivity index (χ0v) is 14.3. The molecule has 1 aliphatic rings. The van der Waals surface area contributed by atoms with Crippen LogP contribution in [0.1, 0.15) is 18.1 Å². The van der Waals surface area contributed by atoms with Gasteiger partial charge in [-0.15, -0.1) is 0 Å². The molecule has 0 radical (unpaired) electrons. The lowest BCUT2D eigenvalue weighted by Gasteiger charge is -2.25. The predicted molar refractivity (Wildman–Crippen MR) is 90.0 cm³/mol. The van der Waals surface area contributed by atoms with E-state index in [-0.39, 0.29) is 21.7 Å². The highest BCUT2D eigenvalue weighted by atomic mass is 35.5. The van der Waals surface area contributed by atoms with Crippen LogP contribution in [-0.2, 0) is 0 Å². The number of halogens is 4. The molecule has 3 rings (SSSR count). The Morgan fingerprint density at radius 2 is 2.00 bits per heavy atom. The van der Waals surface area contributed by atoms with Crippen LogP contribution in [-0.4, -0.2) is 18.1 Å². The molecule has 1 fully saturated rings. The van der Waals surface area contributed by atoms with Crippen LogP contribution in [0.15, 0.2) is 30.6 Å². The van der Waals surface area contributed by atoms with Gasteiger partial charge in [-0.1, -0.05) is 34.8 Å². The minimum Gasteiger partial charge on any atom is -0.481 e. The summed E-state index contributed by atoms with van der Waals surface area (Å²) in [6.07, 6.45) is 3.73. The Balaban J connectivity index is 1.96. The van der Waals surface area contributed by atoms with Gasteiger partial charge in [0.15, 0.2) is 11.6 Å². The molecule has 1 saturated heterocycles. The van der Waals surface area contributed by atoms with Crippen molar-refractivity contribution in [3.05, 3.63) is 57.0 Å². The number of hydrogen-bond acceptors (Lipinski definition) is 3. The Morgan fingerprint density at radius 3 is 2.65 bits per heavy atom. The molecule has 1 aliphatic heterocycles. The summed E-state index contributed by atoms with van der Waals surface area (Å²) >= 11 is 17.9. The highest BCUT2D eigenvalue weighted by molar-refractivity contribution is 6.35. The van der Waals surface area contributed by atoms with Crippen molar-refractivity contribution in [3.63, 3.8) is 0 Å². The molecular weight excluding hydrogens is 362 g/mol. The number of rotatable bonds is 4. The lowest BCUT2D eigenvalue weighted by atomic mass is 9.96. The first-order valence-corrected chi connectivity index (χ1v) is 8.30. The highest BCUT2D eigenvalue weighted by Crippen LogP contribution is 2.38. The average molecular weight is 376 g/mol. The fourth-order valence-electron chi connectivity index (χ4n) is 2.72. The molecule has 1 N–H and O–H groups in total. The Bertz CT molecular complexity index is 684. The molecule has 0 amide bonds. The lowest BCUT2D eigenvalue weighted by molar-refractivity contribution is 0.138. The van der Waals surface area contributed by atoms with Gasteiger partial charge in [0.25, 0.3) is 0 Å². The van der Waals surface area contributed by atoms with Crippen LogP contribution in [0.4, 0.5) is 4.39 Å². The standard InChI is InChI=1S/C16H14Cl3FN2O/c17-11-4-13(19)16(14(20)5-11)23-15(9-1-2-21-6-9)10-3-12(18)8-22-7-10/h3-5,7-9,15,21H,1-2,6H2/t9-,15?/m0/s1. The Hall–Kier alpha value is -1.07. The van der Waals surface area contributed by atoms with Gasteiger partial charge in [0.2, 0.25) is 0 Å². The minimum absolute atomic E-state index is 0.00654. The Kier molecular flexibility index (Phi) is 5.27. The van der Waals surface area contributed by atoms with Crippen molar-refractivity contribution in [1.29, 1.82) is 0 Å². The van der Waals surface area contributed by atoms with Crippen LogP contribution in [0.3, 0.4) is 0 Å². The monoisotopic (exact) mass is 374 g/mol. The van der Waals surface area contributed by atoms with E-state index in [9.17, 15) is 4.39 Å². The molecule has 1 aromatic carbocycles. The van der Waals surface area contributed by atoms with Crippen molar-refractivity contribution < 1.29 is 9.13 Å². The fourth-order valence-corrected chi connectivity index (χ4v) is 3.42. The number of nitrogens with one attached hydrogen (secondary N) is 1. The number of aromatic nitrogens is 1. The van der Waals surface area contributed by atoms with Crippen molar-refractivity contribution >= 4 is 34.8 Å². The second kappa shape index (κ2) is 7.22. The third-order valence-corrected chi connectivity index (χ3v) is 4.49. The molecule has 2 aromatic rings. The smallest absolute Gasteiger partial charge is 0.174 e. The van der Waals surface area contributed by atoms with E-state index in [1.165, 1.54) is 12.1 Å². The fraction of sp³-hybridized carbons (Fsp3) is 0.312. The van der Waals surface area contributed by atoms with Crippen molar-refractivity contribution in [2.24, 2.45) is 5.92 Å². The number of hydrogen-bond donors (Lipinski definition) is 1. The zero-order valence-electron chi connectivity index (χ0n) is 12.0. The molecule has 0 saturated carbocycles. The first-order valence-electron chi connectivity index (χ1n) is 7.17. The summed E-state index contributed by atoms with van der Waals surface area (Å²) < 4.78 is 20.2. The third-order valence-electron chi connectivity index (χ3n) is 3.79. The van der Waals surface area contributed by atoms with Gasteiger partial charge in [0.05, 0.1) is 10.0 Å². The van der Waals surface area contributed by atoms with Crippen LogP contribution in [0.5, 0.6) is 5.75 Å². The van der Waals surface area contributed by atoms with E-state index in [1.54, 1.807) is 18.5 Å². The first kappa shape index (κ1) is 16.8. The molecule has 1 aromatic heterocycles. The second-order valence-corrected chi connectivity index (χ2v) is 6.71. The summed E-state index contributed by atoms with van der Waals surface area (Å²) in [6, 6.07) is 4.42. The molecule has 0 bridgehead atoms. The molecule has 2 atom stereocenters. The Morgan fingerprint density at radius 1 is 1.17 bits per heavy atom. The maximum Gasteiger partial charge on any atom is 0.174 e. The number of nitrogens with zero attached hydrogens (tertiary/aromatic N) is 1. The predicted octanol–water partition coefficient (Wildman–Crippen LogP) is 4.91. The quantitative estimate of drug-likeness (QED) is 0.824. The van der Waals surface area contributed by atoms with Crippen LogP contribution in [0, 0.1) is 11.7 Å². The van der Waals surface area contributed by atoms with E-state index < -0.39 is 11.9 Å².